The summed E-state index contributed by atoms with van der Waals surface area (Å²) in [7, 11) is 0. The summed E-state index contributed by atoms with van der Waals surface area (Å²) in [5.74, 6) is 1.28. The summed E-state index contributed by atoms with van der Waals surface area (Å²) in [6, 6.07) is 1.77. The summed E-state index contributed by atoms with van der Waals surface area (Å²) in [5, 5.41) is 4.05. The summed E-state index contributed by atoms with van der Waals surface area (Å²) >= 11 is 5.57. The van der Waals surface area contributed by atoms with Crippen LogP contribution in [0.15, 0.2) is 24.9 Å². The van der Waals surface area contributed by atoms with Crippen molar-refractivity contribution in [2.75, 3.05) is 37.0 Å². The van der Waals surface area contributed by atoms with Crippen molar-refractivity contribution in [1.82, 2.24) is 29.6 Å². The van der Waals surface area contributed by atoms with E-state index >= 15 is 0 Å². The Balaban J connectivity index is 1.71. The zero-order valence-corrected chi connectivity index (χ0v) is 12.0. The normalized spacial score (nSPS) is 15.3. The average Bonchev–Trinajstić information content (AvgIpc) is 3.09. The van der Waals surface area contributed by atoms with Crippen molar-refractivity contribution in [3.63, 3.8) is 0 Å². The summed E-state index contributed by atoms with van der Waals surface area (Å²) < 4.78 is 1.58. The lowest BCUT2D eigenvalue weighted by Crippen LogP contribution is -2.49. The number of alkyl halides is 1. The van der Waals surface area contributed by atoms with Gasteiger partial charge in [0.05, 0.1) is 0 Å². The Hall–Kier alpha value is -2.22. The number of carbonyl (C=O) groups is 1. The first-order valence-corrected chi connectivity index (χ1v) is 7.08. The summed E-state index contributed by atoms with van der Waals surface area (Å²) in [5.41, 5.74) is 0. The smallest absolute Gasteiger partial charge is 0.237 e. The maximum atomic E-state index is 11.5. The second kappa shape index (κ2) is 6.04. The molecule has 0 aliphatic carbocycles. The van der Waals surface area contributed by atoms with Gasteiger partial charge in [-0.2, -0.15) is 10.1 Å². The molecule has 110 valence electrons. The van der Waals surface area contributed by atoms with Crippen molar-refractivity contribution >= 4 is 23.5 Å². The molecule has 1 aliphatic rings. The SMILES string of the molecule is O=C(CCl)N1CCN(c2nccc(-n3cncn3)n2)CC1. The van der Waals surface area contributed by atoms with E-state index in [4.69, 9.17) is 11.6 Å². The number of anilines is 1. The summed E-state index contributed by atoms with van der Waals surface area (Å²) in [4.78, 5) is 28.0. The molecule has 3 rings (SSSR count). The monoisotopic (exact) mass is 307 g/mol. The molecule has 9 heteroatoms. The fraction of sp³-hybridized carbons (Fsp3) is 0.417. The molecule has 0 N–H and O–H groups in total. The first kappa shape index (κ1) is 13.7. The molecule has 2 aromatic heterocycles. The van der Waals surface area contributed by atoms with Gasteiger partial charge in [-0.25, -0.2) is 14.6 Å². The third kappa shape index (κ3) is 2.94. The fourth-order valence-electron chi connectivity index (χ4n) is 2.19. The number of nitrogens with zero attached hydrogens (tertiary/aromatic N) is 7. The van der Waals surface area contributed by atoms with E-state index in [1.165, 1.54) is 6.33 Å². The van der Waals surface area contributed by atoms with Gasteiger partial charge in [-0.05, 0) is 0 Å². The molecule has 0 radical (unpaired) electrons. The second-order valence-electron chi connectivity index (χ2n) is 4.56. The maximum Gasteiger partial charge on any atom is 0.237 e. The highest BCUT2D eigenvalue weighted by molar-refractivity contribution is 6.27. The van der Waals surface area contributed by atoms with Crippen molar-refractivity contribution < 1.29 is 4.79 Å². The van der Waals surface area contributed by atoms with Crippen molar-refractivity contribution in [3.8, 4) is 5.82 Å². The van der Waals surface area contributed by atoms with Crippen LogP contribution in [0.25, 0.3) is 5.82 Å². The van der Waals surface area contributed by atoms with Crippen LogP contribution in [-0.4, -0.2) is 67.6 Å². The highest BCUT2D eigenvalue weighted by Crippen LogP contribution is 2.13. The summed E-state index contributed by atoms with van der Waals surface area (Å²) in [6.07, 6.45) is 4.73. The Bertz CT molecular complexity index is 610. The molecule has 1 saturated heterocycles. The van der Waals surface area contributed by atoms with Crippen LogP contribution >= 0.6 is 11.6 Å². The first-order valence-electron chi connectivity index (χ1n) is 6.54. The molecule has 0 bridgehead atoms. The third-order valence-corrected chi connectivity index (χ3v) is 3.54. The molecular formula is C12H14ClN7O. The number of carbonyl (C=O) groups excluding carboxylic acids is 1. The van der Waals surface area contributed by atoms with Crippen molar-refractivity contribution in [2.24, 2.45) is 0 Å². The number of hydrogen-bond acceptors (Lipinski definition) is 6. The van der Waals surface area contributed by atoms with Gasteiger partial charge in [0.15, 0.2) is 5.82 Å². The van der Waals surface area contributed by atoms with Gasteiger partial charge in [-0.1, -0.05) is 0 Å². The molecule has 1 amide bonds. The van der Waals surface area contributed by atoms with Gasteiger partial charge in [-0.15, -0.1) is 11.6 Å². The van der Waals surface area contributed by atoms with E-state index < -0.39 is 0 Å². The van der Waals surface area contributed by atoms with Gasteiger partial charge < -0.3 is 9.80 Å². The number of aromatic nitrogens is 5. The Morgan fingerprint density at radius 2 is 2.10 bits per heavy atom. The molecule has 2 aromatic rings. The molecule has 1 fully saturated rings. The summed E-state index contributed by atoms with van der Waals surface area (Å²) in [6.45, 7) is 2.62. The van der Waals surface area contributed by atoms with Crippen molar-refractivity contribution in [3.05, 3.63) is 24.9 Å². The van der Waals surface area contributed by atoms with E-state index in [1.54, 1.807) is 28.2 Å². The quantitative estimate of drug-likeness (QED) is 0.739. The topological polar surface area (TPSA) is 80.0 Å². The highest BCUT2D eigenvalue weighted by Gasteiger charge is 2.22. The lowest BCUT2D eigenvalue weighted by Gasteiger charge is -2.34. The molecule has 1 aliphatic heterocycles. The van der Waals surface area contributed by atoms with E-state index in [0.717, 1.165) is 0 Å². The van der Waals surface area contributed by atoms with Crippen LogP contribution in [0.1, 0.15) is 0 Å². The van der Waals surface area contributed by atoms with E-state index in [2.05, 4.69) is 20.1 Å². The molecule has 0 unspecified atom stereocenters. The van der Waals surface area contributed by atoms with Gasteiger partial charge in [0.25, 0.3) is 0 Å². The van der Waals surface area contributed by atoms with Crippen LogP contribution < -0.4 is 4.90 Å². The number of rotatable bonds is 3. The minimum atomic E-state index is -0.0337. The first-order chi connectivity index (χ1) is 10.3. The third-order valence-electron chi connectivity index (χ3n) is 3.31. The van der Waals surface area contributed by atoms with Gasteiger partial charge in [0.1, 0.15) is 18.5 Å². The van der Waals surface area contributed by atoms with E-state index in [-0.39, 0.29) is 11.8 Å². The fourth-order valence-corrected chi connectivity index (χ4v) is 2.36. The molecule has 0 atom stereocenters. The second-order valence-corrected chi connectivity index (χ2v) is 4.82. The van der Waals surface area contributed by atoms with Gasteiger partial charge in [-0.3, -0.25) is 4.79 Å². The van der Waals surface area contributed by atoms with Crippen molar-refractivity contribution in [1.29, 1.82) is 0 Å². The molecular weight excluding hydrogens is 294 g/mol. The van der Waals surface area contributed by atoms with Crippen LogP contribution in [0.5, 0.6) is 0 Å². The van der Waals surface area contributed by atoms with Gasteiger partial charge in [0.2, 0.25) is 11.9 Å². The lowest BCUT2D eigenvalue weighted by molar-refractivity contribution is -0.128. The predicted molar refractivity (Wildman–Crippen MR) is 76.5 cm³/mol. The molecule has 0 saturated carbocycles. The van der Waals surface area contributed by atoms with Crippen LogP contribution in [0.4, 0.5) is 5.95 Å². The Kier molecular flexibility index (Phi) is 3.96. The molecule has 21 heavy (non-hydrogen) atoms. The molecule has 0 aromatic carbocycles. The van der Waals surface area contributed by atoms with Crippen LogP contribution in [-0.2, 0) is 4.79 Å². The molecule has 8 nitrogen and oxygen atoms in total. The molecule has 3 heterocycles. The van der Waals surface area contributed by atoms with Crippen LogP contribution in [0.3, 0.4) is 0 Å². The zero-order chi connectivity index (χ0) is 14.7. The number of hydrogen-bond donors (Lipinski definition) is 0. The number of halogens is 1. The highest BCUT2D eigenvalue weighted by atomic mass is 35.5. The Morgan fingerprint density at radius 1 is 1.29 bits per heavy atom. The zero-order valence-electron chi connectivity index (χ0n) is 11.3. The maximum absolute atomic E-state index is 11.5. The lowest BCUT2D eigenvalue weighted by atomic mass is 10.3. The van der Waals surface area contributed by atoms with Gasteiger partial charge >= 0.3 is 0 Å². The Morgan fingerprint density at radius 3 is 2.76 bits per heavy atom. The standard InChI is InChI=1S/C12H14ClN7O/c13-7-11(21)18-3-5-19(6-4-18)12-15-2-1-10(17-12)20-9-14-8-16-20/h1-2,8-9H,3-7H2. The van der Waals surface area contributed by atoms with Crippen molar-refractivity contribution in [2.45, 2.75) is 0 Å². The number of piperazine rings is 1. The Labute approximate surface area is 126 Å². The number of amides is 1. The molecule has 0 spiro atoms. The largest absolute Gasteiger partial charge is 0.338 e. The van der Waals surface area contributed by atoms with Gasteiger partial charge in [0, 0.05) is 38.4 Å². The predicted octanol–water partition coefficient (Wildman–Crippen LogP) is -0.0553. The average molecular weight is 308 g/mol. The van der Waals surface area contributed by atoms with E-state index in [0.29, 0.717) is 37.9 Å². The van der Waals surface area contributed by atoms with Crippen LogP contribution in [0.2, 0.25) is 0 Å². The minimum Gasteiger partial charge on any atom is -0.338 e. The minimum absolute atomic E-state index is 0.0261. The van der Waals surface area contributed by atoms with Crippen LogP contribution in [0, 0.1) is 0 Å². The van der Waals surface area contributed by atoms with E-state index in [9.17, 15) is 4.79 Å². The van der Waals surface area contributed by atoms with E-state index in [1.807, 2.05) is 4.90 Å².